The van der Waals surface area contributed by atoms with Crippen molar-refractivity contribution in [2.45, 2.75) is 18.7 Å². The maximum Gasteiger partial charge on any atom is 0.310 e. The lowest BCUT2D eigenvalue weighted by Gasteiger charge is -2.07. The number of halogens is 2. The second-order valence-electron chi connectivity index (χ2n) is 3.45. The summed E-state index contributed by atoms with van der Waals surface area (Å²) in [5, 5.41) is 11.7. The van der Waals surface area contributed by atoms with Crippen LogP contribution in [-0.4, -0.2) is 17.5 Å². The zero-order valence-corrected chi connectivity index (χ0v) is 12.0. The van der Waals surface area contributed by atoms with E-state index in [0.717, 1.165) is 0 Å². The van der Waals surface area contributed by atoms with Crippen LogP contribution >= 0.6 is 27.5 Å². The number of nitro groups is 1. The van der Waals surface area contributed by atoms with Gasteiger partial charge in [-0.1, -0.05) is 27.5 Å². The number of esters is 1. The second-order valence-corrected chi connectivity index (χ2v) is 4.44. The van der Waals surface area contributed by atoms with Gasteiger partial charge < -0.3 is 4.74 Å². The first-order valence-corrected chi connectivity index (χ1v) is 6.66. The Morgan fingerprint density at radius 3 is 2.61 bits per heavy atom. The van der Waals surface area contributed by atoms with E-state index in [1.807, 2.05) is 0 Å². The Morgan fingerprint density at radius 2 is 2.11 bits per heavy atom. The molecular weight excluding hydrogens is 325 g/mol. The van der Waals surface area contributed by atoms with Crippen LogP contribution < -0.4 is 0 Å². The summed E-state index contributed by atoms with van der Waals surface area (Å²) in [4.78, 5) is 21.9. The first-order chi connectivity index (χ1) is 8.49. The number of nitrogens with zero attached hydrogens (tertiary/aromatic N) is 1. The van der Waals surface area contributed by atoms with Gasteiger partial charge in [-0.15, -0.1) is 0 Å². The highest BCUT2D eigenvalue weighted by Gasteiger charge is 2.22. The van der Waals surface area contributed by atoms with E-state index in [1.54, 1.807) is 6.92 Å². The van der Waals surface area contributed by atoms with E-state index in [2.05, 4.69) is 15.9 Å². The van der Waals surface area contributed by atoms with Gasteiger partial charge in [-0.25, -0.2) is 0 Å². The number of nitro benzene ring substituents is 1. The third-order valence-corrected chi connectivity index (χ3v) is 3.02. The molecule has 0 aliphatic carbocycles. The monoisotopic (exact) mass is 335 g/mol. The molecule has 0 N–H and O–H groups in total. The van der Waals surface area contributed by atoms with Gasteiger partial charge in [0, 0.05) is 21.5 Å². The topological polar surface area (TPSA) is 69.4 Å². The summed E-state index contributed by atoms with van der Waals surface area (Å²) in [5.74, 6) is -0.511. The van der Waals surface area contributed by atoms with Crippen molar-refractivity contribution in [3.63, 3.8) is 0 Å². The molecule has 0 aromatic heterocycles. The minimum atomic E-state index is -0.512. The smallest absolute Gasteiger partial charge is 0.310 e. The fourth-order valence-corrected chi connectivity index (χ4v) is 2.25. The molecule has 0 atom stereocenters. The van der Waals surface area contributed by atoms with Crippen LogP contribution in [0.3, 0.4) is 0 Å². The maximum atomic E-state index is 11.4. The SMILES string of the molecule is CCOC(=O)Cc1cc(Cl)cc(CBr)c1[N+](=O)[O-]. The largest absolute Gasteiger partial charge is 0.466 e. The van der Waals surface area contributed by atoms with Crippen molar-refractivity contribution in [1.29, 1.82) is 0 Å². The number of carbonyl (C=O) groups is 1. The van der Waals surface area contributed by atoms with Gasteiger partial charge in [0.1, 0.15) is 0 Å². The van der Waals surface area contributed by atoms with E-state index in [4.69, 9.17) is 16.3 Å². The zero-order valence-electron chi connectivity index (χ0n) is 9.61. The highest BCUT2D eigenvalue weighted by atomic mass is 79.9. The maximum absolute atomic E-state index is 11.4. The fourth-order valence-electron chi connectivity index (χ4n) is 1.56. The van der Waals surface area contributed by atoms with Crippen molar-refractivity contribution in [2.24, 2.45) is 0 Å². The molecule has 0 radical (unpaired) electrons. The molecule has 5 nitrogen and oxygen atoms in total. The van der Waals surface area contributed by atoms with E-state index >= 15 is 0 Å². The van der Waals surface area contributed by atoms with Crippen LogP contribution in [-0.2, 0) is 21.3 Å². The van der Waals surface area contributed by atoms with Crippen LogP contribution in [0.4, 0.5) is 5.69 Å². The molecule has 1 aromatic carbocycles. The Hall–Kier alpha value is -1.14. The van der Waals surface area contributed by atoms with Gasteiger partial charge in [0.15, 0.2) is 0 Å². The van der Waals surface area contributed by atoms with E-state index in [1.165, 1.54) is 12.1 Å². The van der Waals surface area contributed by atoms with Crippen molar-refractivity contribution in [3.8, 4) is 0 Å². The molecule has 1 aromatic rings. The Bertz CT molecular complexity index is 478. The molecule has 0 spiro atoms. The van der Waals surface area contributed by atoms with Gasteiger partial charge in [-0.05, 0) is 19.1 Å². The van der Waals surface area contributed by atoms with Crippen molar-refractivity contribution in [2.75, 3.05) is 6.61 Å². The number of carbonyl (C=O) groups excluding carboxylic acids is 1. The van der Waals surface area contributed by atoms with Crippen LogP contribution in [0, 0.1) is 10.1 Å². The highest BCUT2D eigenvalue weighted by molar-refractivity contribution is 9.08. The first kappa shape index (κ1) is 14.9. The van der Waals surface area contributed by atoms with Gasteiger partial charge in [0.05, 0.1) is 18.0 Å². The predicted octanol–water partition coefficient (Wildman–Crippen LogP) is 3.25. The van der Waals surface area contributed by atoms with Gasteiger partial charge in [-0.2, -0.15) is 0 Å². The lowest BCUT2D eigenvalue weighted by molar-refractivity contribution is -0.386. The standard InChI is InChI=1S/C11H11BrClNO4/c1-2-18-10(15)5-7-3-9(13)4-8(6-12)11(7)14(16)17/h3-4H,2,5-6H2,1H3. The molecule has 0 fully saturated rings. The average Bonchev–Trinajstić information content (AvgIpc) is 2.27. The zero-order chi connectivity index (χ0) is 13.7. The quantitative estimate of drug-likeness (QED) is 0.358. The van der Waals surface area contributed by atoms with E-state index in [-0.39, 0.29) is 24.3 Å². The predicted molar refractivity (Wildman–Crippen MR) is 71.1 cm³/mol. The Balaban J connectivity index is 3.19. The third-order valence-electron chi connectivity index (χ3n) is 2.20. The normalized spacial score (nSPS) is 10.2. The van der Waals surface area contributed by atoms with Gasteiger partial charge in [0.2, 0.25) is 0 Å². The summed E-state index contributed by atoms with van der Waals surface area (Å²) < 4.78 is 4.78. The number of alkyl halides is 1. The first-order valence-electron chi connectivity index (χ1n) is 5.16. The lowest BCUT2D eigenvalue weighted by atomic mass is 10.1. The molecule has 0 bridgehead atoms. The number of benzene rings is 1. The molecule has 0 saturated heterocycles. The van der Waals surface area contributed by atoms with E-state index < -0.39 is 10.9 Å². The van der Waals surface area contributed by atoms with Crippen LogP contribution in [0.1, 0.15) is 18.1 Å². The number of hydrogen-bond acceptors (Lipinski definition) is 4. The molecule has 0 saturated carbocycles. The summed E-state index contributed by atoms with van der Waals surface area (Å²) in [6.07, 6.45) is -0.162. The minimum absolute atomic E-state index is 0.0932. The molecule has 0 heterocycles. The molecule has 0 unspecified atom stereocenters. The van der Waals surface area contributed by atoms with Gasteiger partial charge >= 0.3 is 5.97 Å². The Labute approximate surface area is 117 Å². The Morgan fingerprint density at radius 1 is 1.50 bits per heavy atom. The van der Waals surface area contributed by atoms with E-state index in [0.29, 0.717) is 15.9 Å². The summed E-state index contributed by atoms with van der Waals surface area (Å²) in [6, 6.07) is 2.92. The summed E-state index contributed by atoms with van der Waals surface area (Å²) in [6.45, 7) is 1.91. The van der Waals surface area contributed by atoms with Crippen LogP contribution in [0.2, 0.25) is 5.02 Å². The van der Waals surface area contributed by atoms with Crippen molar-refractivity contribution in [3.05, 3.63) is 38.4 Å². The van der Waals surface area contributed by atoms with Crippen molar-refractivity contribution in [1.82, 2.24) is 0 Å². The summed E-state index contributed by atoms with van der Waals surface area (Å²) in [7, 11) is 0. The molecule has 0 amide bonds. The molecule has 0 aliphatic rings. The molecule has 18 heavy (non-hydrogen) atoms. The number of ether oxygens (including phenoxy) is 1. The molecule has 0 aliphatic heterocycles. The van der Waals surface area contributed by atoms with Crippen molar-refractivity contribution >= 4 is 39.2 Å². The fraction of sp³-hybridized carbons (Fsp3) is 0.364. The molecular formula is C11H11BrClNO4. The lowest BCUT2D eigenvalue weighted by Crippen LogP contribution is -2.10. The Kier molecular flexibility index (Phi) is 5.55. The highest BCUT2D eigenvalue weighted by Crippen LogP contribution is 2.30. The molecule has 7 heteroatoms. The van der Waals surface area contributed by atoms with Crippen LogP contribution in [0.25, 0.3) is 0 Å². The minimum Gasteiger partial charge on any atom is -0.466 e. The van der Waals surface area contributed by atoms with Gasteiger partial charge in [0.25, 0.3) is 5.69 Å². The molecule has 1 rings (SSSR count). The van der Waals surface area contributed by atoms with E-state index in [9.17, 15) is 14.9 Å². The summed E-state index contributed by atoms with van der Waals surface area (Å²) >= 11 is 9.03. The van der Waals surface area contributed by atoms with Gasteiger partial charge in [-0.3, -0.25) is 14.9 Å². The van der Waals surface area contributed by atoms with Crippen molar-refractivity contribution < 1.29 is 14.5 Å². The second kappa shape index (κ2) is 6.70. The summed E-state index contributed by atoms with van der Waals surface area (Å²) in [5.41, 5.74) is 0.608. The number of rotatable bonds is 5. The number of hydrogen-bond donors (Lipinski definition) is 0. The third kappa shape index (κ3) is 3.68. The van der Waals surface area contributed by atoms with Crippen LogP contribution in [0.15, 0.2) is 12.1 Å². The van der Waals surface area contributed by atoms with Crippen LogP contribution in [0.5, 0.6) is 0 Å². The molecule has 98 valence electrons. The average molecular weight is 337 g/mol.